The quantitative estimate of drug-likeness (QED) is 0.159. The zero-order valence-electron chi connectivity index (χ0n) is 29.7. The molecular weight excluding hydrogens is 651 g/mol. The Morgan fingerprint density at radius 3 is 1.37 bits per heavy atom. The van der Waals surface area contributed by atoms with Gasteiger partial charge in [0, 0.05) is 17.1 Å². The monoisotopic (exact) mass is 685 g/mol. The smallest absolute Gasteiger partial charge is 0.0708 e. The average Bonchev–Trinajstić information content (AvgIpc) is 3.26. The van der Waals surface area contributed by atoms with Gasteiger partial charge in [-0.3, -0.25) is 4.98 Å². The molecule has 0 spiro atoms. The normalized spacial score (nSPS) is 11.3. The second-order valence-corrected chi connectivity index (χ2v) is 13.9. The zero-order chi connectivity index (χ0) is 35.8. The van der Waals surface area contributed by atoms with Gasteiger partial charge in [-0.2, -0.15) is 0 Å². The molecular formula is C53H35N. The molecule has 0 bridgehead atoms. The maximum atomic E-state index is 4.87. The fraction of sp³-hybridized carbons (Fsp3) is 0. The molecule has 0 unspecified atom stereocenters. The molecule has 0 aliphatic rings. The second-order valence-electron chi connectivity index (χ2n) is 13.9. The first-order chi connectivity index (χ1) is 26.8. The van der Waals surface area contributed by atoms with Gasteiger partial charge in [-0.05, 0) is 107 Å². The number of benzene rings is 9. The van der Waals surface area contributed by atoms with Crippen LogP contribution in [-0.4, -0.2) is 4.98 Å². The summed E-state index contributed by atoms with van der Waals surface area (Å²) in [5.74, 6) is 0. The Balaban J connectivity index is 1.15. The first kappa shape index (κ1) is 31.6. The van der Waals surface area contributed by atoms with Crippen LogP contribution in [0, 0.1) is 0 Å². The van der Waals surface area contributed by atoms with E-state index >= 15 is 0 Å². The van der Waals surface area contributed by atoms with Crippen LogP contribution in [0.25, 0.3) is 99.2 Å². The fourth-order valence-electron chi connectivity index (χ4n) is 8.13. The van der Waals surface area contributed by atoms with E-state index in [1.165, 1.54) is 82.6 Å². The van der Waals surface area contributed by atoms with Crippen molar-refractivity contribution in [2.24, 2.45) is 0 Å². The van der Waals surface area contributed by atoms with Crippen LogP contribution in [0.3, 0.4) is 0 Å². The summed E-state index contributed by atoms with van der Waals surface area (Å²) in [6, 6.07) is 74.7. The highest BCUT2D eigenvalue weighted by Gasteiger charge is 2.18. The maximum Gasteiger partial charge on any atom is 0.0708 e. The van der Waals surface area contributed by atoms with E-state index in [9.17, 15) is 0 Å². The largest absolute Gasteiger partial charge is 0.256 e. The van der Waals surface area contributed by atoms with E-state index in [1.807, 2.05) is 6.20 Å². The Morgan fingerprint density at radius 1 is 0.259 bits per heavy atom. The van der Waals surface area contributed by atoms with Gasteiger partial charge in [-0.15, -0.1) is 0 Å². The van der Waals surface area contributed by atoms with Gasteiger partial charge in [0.25, 0.3) is 0 Å². The van der Waals surface area contributed by atoms with Gasteiger partial charge in [0.2, 0.25) is 0 Å². The van der Waals surface area contributed by atoms with E-state index < -0.39 is 0 Å². The molecule has 0 saturated heterocycles. The SMILES string of the molecule is c1ccc(-c2ccc(-c3cccc(-c4c5ccccc5c(-c5cccc(-c6cc7ccccc7cn6)c5)c5ccccc45)c3)c(-c3ccccc3)c2)cc1. The van der Waals surface area contributed by atoms with Crippen molar-refractivity contribution >= 4 is 32.3 Å². The summed E-state index contributed by atoms with van der Waals surface area (Å²) in [6.45, 7) is 0. The lowest BCUT2D eigenvalue weighted by molar-refractivity contribution is 1.36. The number of fused-ring (bicyclic) bond motifs is 3. The maximum absolute atomic E-state index is 4.87. The van der Waals surface area contributed by atoms with Gasteiger partial charge in [-0.25, -0.2) is 0 Å². The van der Waals surface area contributed by atoms with Crippen LogP contribution in [0.2, 0.25) is 0 Å². The number of pyridine rings is 1. The number of aromatic nitrogens is 1. The molecule has 0 saturated carbocycles. The van der Waals surface area contributed by atoms with Crippen LogP contribution in [0.4, 0.5) is 0 Å². The summed E-state index contributed by atoms with van der Waals surface area (Å²) in [4.78, 5) is 4.87. The Kier molecular flexibility index (Phi) is 7.89. The molecule has 0 aliphatic heterocycles. The van der Waals surface area contributed by atoms with Crippen molar-refractivity contribution in [1.29, 1.82) is 0 Å². The van der Waals surface area contributed by atoms with Crippen molar-refractivity contribution in [2.45, 2.75) is 0 Å². The minimum atomic E-state index is 0.976. The van der Waals surface area contributed by atoms with Crippen molar-refractivity contribution < 1.29 is 0 Å². The van der Waals surface area contributed by atoms with Gasteiger partial charge < -0.3 is 0 Å². The highest BCUT2D eigenvalue weighted by Crippen LogP contribution is 2.45. The topological polar surface area (TPSA) is 12.9 Å². The van der Waals surface area contributed by atoms with E-state index in [4.69, 9.17) is 4.98 Å². The Labute approximate surface area is 315 Å². The third kappa shape index (κ3) is 5.64. The van der Waals surface area contributed by atoms with Gasteiger partial charge in [0.1, 0.15) is 0 Å². The van der Waals surface area contributed by atoms with E-state index in [1.54, 1.807) is 0 Å². The Morgan fingerprint density at radius 2 is 0.741 bits per heavy atom. The fourth-order valence-corrected chi connectivity index (χ4v) is 8.13. The van der Waals surface area contributed by atoms with Crippen molar-refractivity contribution in [3.05, 3.63) is 212 Å². The van der Waals surface area contributed by atoms with Crippen LogP contribution < -0.4 is 0 Å². The molecule has 10 rings (SSSR count). The molecule has 1 aromatic heterocycles. The van der Waals surface area contributed by atoms with Crippen LogP contribution in [0.15, 0.2) is 212 Å². The molecule has 10 aromatic rings. The number of hydrogen-bond donors (Lipinski definition) is 0. The summed E-state index contributed by atoms with van der Waals surface area (Å²) in [5, 5.41) is 7.28. The highest BCUT2D eigenvalue weighted by atomic mass is 14.7. The first-order valence-electron chi connectivity index (χ1n) is 18.5. The van der Waals surface area contributed by atoms with Crippen LogP contribution >= 0.6 is 0 Å². The molecule has 0 atom stereocenters. The van der Waals surface area contributed by atoms with Crippen LogP contribution in [-0.2, 0) is 0 Å². The summed E-state index contributed by atoms with van der Waals surface area (Å²) < 4.78 is 0. The summed E-state index contributed by atoms with van der Waals surface area (Å²) in [6.07, 6.45) is 1.98. The van der Waals surface area contributed by atoms with Crippen molar-refractivity contribution in [1.82, 2.24) is 4.98 Å². The van der Waals surface area contributed by atoms with Gasteiger partial charge in [0.15, 0.2) is 0 Å². The van der Waals surface area contributed by atoms with Crippen molar-refractivity contribution in [3.63, 3.8) is 0 Å². The van der Waals surface area contributed by atoms with E-state index in [2.05, 4.69) is 206 Å². The van der Waals surface area contributed by atoms with Crippen LogP contribution in [0.5, 0.6) is 0 Å². The molecule has 0 N–H and O–H groups in total. The summed E-state index contributed by atoms with van der Waals surface area (Å²) >= 11 is 0. The second kappa shape index (κ2) is 13.5. The van der Waals surface area contributed by atoms with Gasteiger partial charge >= 0.3 is 0 Å². The third-order valence-corrected chi connectivity index (χ3v) is 10.7. The first-order valence-corrected chi connectivity index (χ1v) is 18.5. The molecule has 0 radical (unpaired) electrons. The van der Waals surface area contributed by atoms with E-state index in [0.29, 0.717) is 0 Å². The predicted octanol–water partition coefficient (Wildman–Crippen LogP) is 14.5. The Bertz CT molecular complexity index is 2920. The van der Waals surface area contributed by atoms with Crippen LogP contribution in [0.1, 0.15) is 0 Å². The lowest BCUT2D eigenvalue weighted by Crippen LogP contribution is -1.92. The molecule has 1 nitrogen and oxygen atoms in total. The zero-order valence-corrected chi connectivity index (χ0v) is 29.7. The molecule has 252 valence electrons. The van der Waals surface area contributed by atoms with E-state index in [-0.39, 0.29) is 0 Å². The summed E-state index contributed by atoms with van der Waals surface area (Å²) in [7, 11) is 0. The third-order valence-electron chi connectivity index (χ3n) is 10.7. The highest BCUT2D eigenvalue weighted by molar-refractivity contribution is 6.21. The summed E-state index contributed by atoms with van der Waals surface area (Å²) in [5.41, 5.74) is 14.2. The molecule has 54 heavy (non-hydrogen) atoms. The lowest BCUT2D eigenvalue weighted by atomic mass is 9.84. The van der Waals surface area contributed by atoms with Crippen molar-refractivity contribution in [3.8, 4) is 66.9 Å². The lowest BCUT2D eigenvalue weighted by Gasteiger charge is -2.19. The number of nitrogens with zero attached hydrogens (tertiary/aromatic N) is 1. The molecule has 0 fully saturated rings. The number of hydrogen-bond acceptors (Lipinski definition) is 1. The minimum Gasteiger partial charge on any atom is -0.256 e. The molecule has 1 heteroatoms. The molecule has 1 heterocycles. The standard InChI is InChI=1S/C53H35N/c1-3-15-36(16-4-1)39-29-30-45(50(33-39)37-17-5-2-6-18-37)40-21-13-23-42(31-40)52-46-25-9-11-27-48(46)53(49-28-12-10-26-47(49)52)43-24-14-22-41(32-43)51-34-38-19-7-8-20-44(38)35-54-51/h1-35H. The van der Waals surface area contributed by atoms with Gasteiger partial charge in [-0.1, -0.05) is 182 Å². The van der Waals surface area contributed by atoms with Gasteiger partial charge in [0.05, 0.1) is 5.69 Å². The molecule has 9 aromatic carbocycles. The molecule has 0 amide bonds. The number of rotatable bonds is 6. The average molecular weight is 686 g/mol. The van der Waals surface area contributed by atoms with Crippen molar-refractivity contribution in [2.75, 3.05) is 0 Å². The molecule has 0 aliphatic carbocycles. The minimum absolute atomic E-state index is 0.976. The predicted molar refractivity (Wildman–Crippen MR) is 229 cm³/mol. The Hall–Kier alpha value is -7.09. The van der Waals surface area contributed by atoms with E-state index in [0.717, 1.165) is 16.6 Å².